The van der Waals surface area contributed by atoms with Gasteiger partial charge in [0.1, 0.15) is 5.82 Å². The van der Waals surface area contributed by atoms with E-state index in [4.69, 9.17) is 0 Å². The number of nitrogens with zero attached hydrogens (tertiary/aromatic N) is 5. The summed E-state index contributed by atoms with van der Waals surface area (Å²) in [5.74, 6) is 0.631. The molecule has 10 heteroatoms. The van der Waals surface area contributed by atoms with Crippen molar-refractivity contribution in [2.24, 2.45) is 0 Å². The lowest BCUT2D eigenvalue weighted by atomic mass is 10.2. The molecule has 0 aliphatic heterocycles. The maximum absolute atomic E-state index is 11.3. The molecule has 26 heavy (non-hydrogen) atoms. The van der Waals surface area contributed by atoms with Crippen molar-refractivity contribution in [1.29, 1.82) is 0 Å². The van der Waals surface area contributed by atoms with Gasteiger partial charge in [0.25, 0.3) is 11.4 Å². The Kier molecular flexibility index (Phi) is 4.67. The first-order chi connectivity index (χ1) is 12.4. The summed E-state index contributed by atoms with van der Waals surface area (Å²) >= 11 is 1.04. The summed E-state index contributed by atoms with van der Waals surface area (Å²) in [5.41, 5.74) is 1.18. The fourth-order valence-electron chi connectivity index (χ4n) is 2.45. The van der Waals surface area contributed by atoms with E-state index in [1.54, 1.807) is 11.5 Å². The van der Waals surface area contributed by atoms with Crippen LogP contribution in [-0.2, 0) is 0 Å². The molecule has 3 rings (SSSR count). The summed E-state index contributed by atoms with van der Waals surface area (Å²) in [5, 5.41) is 30.8. The molecule has 0 amide bonds. The molecule has 132 valence electrons. The van der Waals surface area contributed by atoms with Crippen molar-refractivity contribution in [2.75, 3.05) is 0 Å². The molecule has 9 nitrogen and oxygen atoms in total. The van der Waals surface area contributed by atoms with Crippen LogP contribution in [0.25, 0.3) is 5.69 Å². The van der Waals surface area contributed by atoms with E-state index in [1.807, 2.05) is 31.2 Å². The minimum atomic E-state index is -0.665. The van der Waals surface area contributed by atoms with Crippen molar-refractivity contribution in [3.63, 3.8) is 0 Å². The number of hydrogen-bond acceptors (Lipinski definition) is 7. The number of rotatable bonds is 5. The molecule has 0 aliphatic rings. The average molecular weight is 371 g/mol. The first-order valence-electron chi connectivity index (χ1n) is 7.47. The molecule has 2 aromatic carbocycles. The number of nitro benzene ring substituents is 2. The standard InChI is InChI=1S/C16H13N5O4S/c1-10-5-3-4-6-13(10)19-11(2)17-18-16(19)26-15-8-7-12(20(22)23)9-14(15)21(24)25/h3-9H,1-2H3. The Morgan fingerprint density at radius 3 is 2.38 bits per heavy atom. The fourth-order valence-corrected chi connectivity index (χ4v) is 3.42. The fraction of sp³-hybridized carbons (Fsp3) is 0.125. The maximum Gasteiger partial charge on any atom is 0.290 e. The first kappa shape index (κ1) is 17.5. The molecule has 0 N–H and O–H groups in total. The summed E-state index contributed by atoms with van der Waals surface area (Å²) in [6, 6.07) is 11.2. The van der Waals surface area contributed by atoms with Crippen LogP contribution in [-0.4, -0.2) is 24.6 Å². The Bertz CT molecular complexity index is 1020. The number of benzene rings is 2. The number of hydrogen-bond donors (Lipinski definition) is 0. The Balaban J connectivity index is 2.08. The summed E-state index contributed by atoms with van der Waals surface area (Å²) in [6.45, 7) is 3.73. The summed E-state index contributed by atoms with van der Waals surface area (Å²) in [4.78, 5) is 21.1. The summed E-state index contributed by atoms with van der Waals surface area (Å²) in [7, 11) is 0. The lowest BCUT2D eigenvalue weighted by Gasteiger charge is -2.11. The third kappa shape index (κ3) is 3.26. The normalized spacial score (nSPS) is 10.7. The molecule has 1 aromatic heterocycles. The van der Waals surface area contributed by atoms with Crippen molar-refractivity contribution in [2.45, 2.75) is 23.9 Å². The number of aromatic nitrogens is 3. The van der Waals surface area contributed by atoms with Crippen LogP contribution in [0.4, 0.5) is 11.4 Å². The van der Waals surface area contributed by atoms with Crippen LogP contribution in [0.1, 0.15) is 11.4 Å². The molecule has 0 spiro atoms. The van der Waals surface area contributed by atoms with Crippen molar-refractivity contribution in [3.05, 3.63) is 74.1 Å². The Morgan fingerprint density at radius 1 is 1.00 bits per heavy atom. The molecule has 0 saturated heterocycles. The van der Waals surface area contributed by atoms with Crippen LogP contribution >= 0.6 is 11.8 Å². The number of aryl methyl sites for hydroxylation is 2. The molecule has 1 heterocycles. The zero-order valence-corrected chi connectivity index (χ0v) is 14.6. The SMILES string of the molecule is Cc1ccccc1-n1c(C)nnc1Sc1ccc([N+](=O)[O-])cc1[N+](=O)[O-]. The van der Waals surface area contributed by atoms with E-state index in [-0.39, 0.29) is 16.3 Å². The maximum atomic E-state index is 11.3. The second-order valence-electron chi connectivity index (χ2n) is 5.42. The van der Waals surface area contributed by atoms with E-state index in [0.29, 0.717) is 11.0 Å². The molecular weight excluding hydrogens is 358 g/mol. The topological polar surface area (TPSA) is 117 Å². The van der Waals surface area contributed by atoms with Gasteiger partial charge in [0.15, 0.2) is 0 Å². The molecule has 0 aliphatic carbocycles. The number of non-ortho nitro benzene ring substituents is 1. The van der Waals surface area contributed by atoms with Crippen molar-refractivity contribution < 1.29 is 9.85 Å². The van der Waals surface area contributed by atoms with Gasteiger partial charge < -0.3 is 0 Å². The van der Waals surface area contributed by atoms with E-state index in [9.17, 15) is 20.2 Å². The van der Waals surface area contributed by atoms with Gasteiger partial charge in [-0.05, 0) is 43.3 Å². The van der Waals surface area contributed by atoms with Gasteiger partial charge in [0, 0.05) is 6.07 Å². The molecule has 0 atom stereocenters. The lowest BCUT2D eigenvalue weighted by Crippen LogP contribution is -2.01. The average Bonchev–Trinajstić information content (AvgIpc) is 2.95. The molecule has 3 aromatic rings. The van der Waals surface area contributed by atoms with Crippen LogP contribution in [0.3, 0.4) is 0 Å². The zero-order chi connectivity index (χ0) is 18.8. The van der Waals surface area contributed by atoms with E-state index in [0.717, 1.165) is 29.1 Å². The van der Waals surface area contributed by atoms with Gasteiger partial charge in [0.05, 0.1) is 26.5 Å². The highest BCUT2D eigenvalue weighted by Gasteiger charge is 2.23. The largest absolute Gasteiger partial charge is 0.290 e. The summed E-state index contributed by atoms with van der Waals surface area (Å²) in [6.07, 6.45) is 0. The Labute approximate surface area is 152 Å². The van der Waals surface area contributed by atoms with Gasteiger partial charge in [-0.3, -0.25) is 24.8 Å². The highest BCUT2D eigenvalue weighted by molar-refractivity contribution is 7.99. The van der Waals surface area contributed by atoms with Crippen LogP contribution in [0.2, 0.25) is 0 Å². The third-order valence-electron chi connectivity index (χ3n) is 3.70. The predicted octanol–water partition coefficient (Wildman–Crippen LogP) is 3.85. The van der Waals surface area contributed by atoms with Crippen LogP contribution in [0.15, 0.2) is 52.5 Å². The zero-order valence-electron chi connectivity index (χ0n) is 13.8. The van der Waals surface area contributed by atoms with Gasteiger partial charge in [-0.1, -0.05) is 18.2 Å². The van der Waals surface area contributed by atoms with Crippen molar-refractivity contribution in [1.82, 2.24) is 14.8 Å². The predicted molar refractivity (Wildman–Crippen MR) is 94.7 cm³/mol. The number of para-hydroxylation sites is 1. The highest BCUT2D eigenvalue weighted by atomic mass is 32.2. The Morgan fingerprint density at radius 2 is 1.73 bits per heavy atom. The van der Waals surface area contributed by atoms with E-state index in [1.165, 1.54) is 12.1 Å². The van der Waals surface area contributed by atoms with Crippen LogP contribution < -0.4 is 0 Å². The number of nitro groups is 2. The van der Waals surface area contributed by atoms with Gasteiger partial charge in [-0.15, -0.1) is 10.2 Å². The molecule has 0 fully saturated rings. The highest BCUT2D eigenvalue weighted by Crippen LogP contribution is 2.37. The van der Waals surface area contributed by atoms with Gasteiger partial charge in [-0.25, -0.2) is 0 Å². The summed E-state index contributed by atoms with van der Waals surface area (Å²) < 4.78 is 1.80. The van der Waals surface area contributed by atoms with E-state index >= 15 is 0 Å². The van der Waals surface area contributed by atoms with Crippen molar-refractivity contribution >= 4 is 23.1 Å². The smallest absolute Gasteiger partial charge is 0.274 e. The third-order valence-corrected chi connectivity index (χ3v) is 4.71. The lowest BCUT2D eigenvalue weighted by molar-refractivity contribution is -0.396. The van der Waals surface area contributed by atoms with Crippen LogP contribution in [0, 0.1) is 34.1 Å². The second-order valence-corrected chi connectivity index (χ2v) is 6.43. The Hall–Kier alpha value is -3.27. The monoisotopic (exact) mass is 371 g/mol. The van der Waals surface area contributed by atoms with Crippen LogP contribution in [0.5, 0.6) is 0 Å². The van der Waals surface area contributed by atoms with E-state index < -0.39 is 9.85 Å². The molecule has 0 unspecified atom stereocenters. The second kappa shape index (κ2) is 6.92. The molecular formula is C16H13N5O4S. The van der Waals surface area contributed by atoms with E-state index in [2.05, 4.69) is 10.2 Å². The molecule has 0 saturated carbocycles. The first-order valence-corrected chi connectivity index (χ1v) is 8.29. The minimum Gasteiger partial charge on any atom is -0.274 e. The van der Waals surface area contributed by atoms with Gasteiger partial charge in [0.2, 0.25) is 5.16 Å². The van der Waals surface area contributed by atoms with Gasteiger partial charge in [-0.2, -0.15) is 0 Å². The van der Waals surface area contributed by atoms with Crippen molar-refractivity contribution in [3.8, 4) is 5.69 Å². The molecule has 0 radical (unpaired) electrons. The minimum absolute atomic E-state index is 0.253. The van der Waals surface area contributed by atoms with Gasteiger partial charge >= 0.3 is 0 Å². The quantitative estimate of drug-likeness (QED) is 0.494. The molecule has 0 bridgehead atoms.